The monoisotopic (exact) mass is 381 g/mol. The summed E-state index contributed by atoms with van der Waals surface area (Å²) in [4.78, 5) is 3.53. The second-order valence-electron chi connectivity index (χ2n) is 5.76. The van der Waals surface area contributed by atoms with Crippen molar-refractivity contribution in [3.05, 3.63) is 63.3 Å². The van der Waals surface area contributed by atoms with Gasteiger partial charge in [-0.3, -0.25) is 0 Å². The van der Waals surface area contributed by atoms with Crippen LogP contribution in [-0.2, 0) is 22.0 Å². The highest BCUT2D eigenvalue weighted by atomic mass is 35.5. The largest absolute Gasteiger partial charge is 0.357 e. The molecule has 0 aliphatic rings. The molecule has 0 spiro atoms. The Labute approximate surface area is 151 Å². The molecule has 6 heteroatoms. The van der Waals surface area contributed by atoms with Crippen LogP contribution in [0.4, 0.5) is 0 Å². The van der Waals surface area contributed by atoms with E-state index in [4.69, 9.17) is 23.2 Å². The summed E-state index contributed by atoms with van der Waals surface area (Å²) in [5, 5.41) is 2.07. The molecule has 3 rings (SSSR count). The second-order valence-corrected chi connectivity index (χ2v) is 8.60. The van der Waals surface area contributed by atoms with Crippen LogP contribution in [0.3, 0.4) is 0 Å². The Kier molecular flexibility index (Phi) is 4.65. The Morgan fingerprint density at radius 2 is 1.71 bits per heavy atom. The third-order valence-corrected chi connectivity index (χ3v) is 6.39. The Balaban J connectivity index is 2.11. The van der Waals surface area contributed by atoms with E-state index < -0.39 is 9.84 Å². The lowest BCUT2D eigenvalue weighted by molar-refractivity contribution is 0.594. The van der Waals surface area contributed by atoms with E-state index >= 15 is 0 Å². The molecule has 0 unspecified atom stereocenters. The van der Waals surface area contributed by atoms with Crippen LogP contribution in [0.15, 0.2) is 41.3 Å². The van der Waals surface area contributed by atoms with Crippen molar-refractivity contribution >= 4 is 43.9 Å². The number of aryl methyl sites for hydroxylation is 2. The standard InChI is InChI=1S/C18H17Cl2NO2S/c1-3-14-16(21-18-11(2)4-9-15(20)17(14)18)10-24(22,23)13-7-5-12(19)6-8-13/h4-9,21H,3,10H2,1-2H3. The maximum atomic E-state index is 12.7. The van der Waals surface area contributed by atoms with Crippen LogP contribution < -0.4 is 0 Å². The van der Waals surface area contributed by atoms with Crippen LogP contribution in [0.25, 0.3) is 10.9 Å². The summed E-state index contributed by atoms with van der Waals surface area (Å²) in [5.74, 6) is -0.0950. The van der Waals surface area contributed by atoms with Crippen molar-refractivity contribution < 1.29 is 8.42 Å². The summed E-state index contributed by atoms with van der Waals surface area (Å²) in [6, 6.07) is 10.0. The number of aromatic nitrogens is 1. The predicted octanol–water partition coefficient (Wildman–Crippen LogP) is 5.32. The molecule has 1 heterocycles. The zero-order valence-electron chi connectivity index (χ0n) is 13.4. The van der Waals surface area contributed by atoms with Gasteiger partial charge in [0.1, 0.15) is 0 Å². The molecule has 3 nitrogen and oxygen atoms in total. The van der Waals surface area contributed by atoms with E-state index in [2.05, 4.69) is 4.98 Å². The first kappa shape index (κ1) is 17.3. The Hall–Kier alpha value is -1.49. The molecular formula is C18H17Cl2NO2S. The van der Waals surface area contributed by atoms with Gasteiger partial charge < -0.3 is 4.98 Å². The molecular weight excluding hydrogens is 365 g/mol. The molecule has 0 radical (unpaired) electrons. The number of fused-ring (bicyclic) bond motifs is 1. The van der Waals surface area contributed by atoms with Gasteiger partial charge in [0.25, 0.3) is 0 Å². The van der Waals surface area contributed by atoms with Crippen LogP contribution in [0.5, 0.6) is 0 Å². The quantitative estimate of drug-likeness (QED) is 0.664. The maximum Gasteiger partial charge on any atom is 0.183 e. The van der Waals surface area contributed by atoms with E-state index in [9.17, 15) is 8.42 Å². The summed E-state index contributed by atoms with van der Waals surface area (Å²) in [6.45, 7) is 3.98. The molecule has 126 valence electrons. The van der Waals surface area contributed by atoms with Crippen molar-refractivity contribution in [3.8, 4) is 0 Å². The Bertz CT molecular complexity index is 1010. The maximum absolute atomic E-state index is 12.7. The predicted molar refractivity (Wildman–Crippen MR) is 99.8 cm³/mol. The van der Waals surface area contributed by atoms with Gasteiger partial charge in [-0.25, -0.2) is 8.42 Å². The minimum absolute atomic E-state index is 0.0950. The lowest BCUT2D eigenvalue weighted by Crippen LogP contribution is -2.06. The Morgan fingerprint density at radius 3 is 2.33 bits per heavy atom. The van der Waals surface area contributed by atoms with Gasteiger partial charge >= 0.3 is 0 Å². The first-order chi connectivity index (χ1) is 11.3. The van der Waals surface area contributed by atoms with Gasteiger partial charge in [-0.2, -0.15) is 0 Å². The van der Waals surface area contributed by atoms with E-state index in [0.717, 1.165) is 22.0 Å². The molecule has 24 heavy (non-hydrogen) atoms. The summed E-state index contributed by atoms with van der Waals surface area (Å²) >= 11 is 12.2. The average Bonchev–Trinajstić information content (AvgIpc) is 2.90. The molecule has 3 aromatic rings. The summed E-state index contributed by atoms with van der Waals surface area (Å²) in [7, 11) is -3.47. The van der Waals surface area contributed by atoms with Crippen LogP contribution in [0.1, 0.15) is 23.7 Å². The molecule has 0 bridgehead atoms. The van der Waals surface area contributed by atoms with E-state index in [1.54, 1.807) is 12.1 Å². The van der Waals surface area contributed by atoms with Crippen molar-refractivity contribution in [2.45, 2.75) is 30.9 Å². The number of hydrogen-bond donors (Lipinski definition) is 1. The minimum Gasteiger partial charge on any atom is -0.357 e. The number of benzene rings is 2. The SMILES string of the molecule is CCc1c(CS(=O)(=O)c2ccc(Cl)cc2)[nH]c2c(C)ccc(Cl)c12. The third kappa shape index (κ3) is 3.06. The van der Waals surface area contributed by atoms with Crippen molar-refractivity contribution in [1.29, 1.82) is 0 Å². The van der Waals surface area contributed by atoms with Crippen LogP contribution in [0.2, 0.25) is 10.0 Å². The zero-order chi connectivity index (χ0) is 17.5. The molecule has 0 saturated heterocycles. The number of nitrogens with one attached hydrogen (secondary N) is 1. The van der Waals surface area contributed by atoms with Gasteiger partial charge in [0.15, 0.2) is 9.84 Å². The highest BCUT2D eigenvalue weighted by molar-refractivity contribution is 7.90. The molecule has 0 aliphatic carbocycles. The first-order valence-corrected chi connectivity index (χ1v) is 10.0. The third-order valence-electron chi connectivity index (χ3n) is 4.17. The normalized spacial score (nSPS) is 12.0. The van der Waals surface area contributed by atoms with E-state index in [-0.39, 0.29) is 10.6 Å². The van der Waals surface area contributed by atoms with Gasteiger partial charge in [0.2, 0.25) is 0 Å². The molecule has 0 saturated carbocycles. The van der Waals surface area contributed by atoms with Gasteiger partial charge in [-0.1, -0.05) is 36.2 Å². The van der Waals surface area contributed by atoms with Gasteiger partial charge in [0, 0.05) is 16.1 Å². The number of halogens is 2. The fourth-order valence-electron chi connectivity index (χ4n) is 2.94. The van der Waals surface area contributed by atoms with Crippen LogP contribution >= 0.6 is 23.2 Å². The lowest BCUT2D eigenvalue weighted by atomic mass is 10.1. The van der Waals surface area contributed by atoms with E-state index in [0.29, 0.717) is 22.2 Å². The molecule has 1 aromatic heterocycles. The highest BCUT2D eigenvalue weighted by Crippen LogP contribution is 2.33. The zero-order valence-corrected chi connectivity index (χ0v) is 15.7. The molecule has 0 amide bonds. The van der Waals surface area contributed by atoms with Crippen molar-refractivity contribution in [3.63, 3.8) is 0 Å². The number of H-pyrrole nitrogens is 1. The van der Waals surface area contributed by atoms with Gasteiger partial charge in [-0.05, 0) is 54.8 Å². The Morgan fingerprint density at radius 1 is 1.04 bits per heavy atom. The fourth-order valence-corrected chi connectivity index (χ4v) is 4.68. The average molecular weight is 382 g/mol. The molecule has 2 aromatic carbocycles. The second kappa shape index (κ2) is 6.43. The van der Waals surface area contributed by atoms with Gasteiger partial charge in [-0.15, -0.1) is 0 Å². The highest BCUT2D eigenvalue weighted by Gasteiger charge is 2.21. The number of aromatic amines is 1. The van der Waals surface area contributed by atoms with Crippen LogP contribution in [0, 0.1) is 6.92 Å². The van der Waals surface area contributed by atoms with E-state index in [1.165, 1.54) is 12.1 Å². The number of sulfone groups is 1. The van der Waals surface area contributed by atoms with Crippen molar-refractivity contribution in [2.75, 3.05) is 0 Å². The first-order valence-electron chi connectivity index (χ1n) is 7.60. The van der Waals surface area contributed by atoms with Crippen LogP contribution in [-0.4, -0.2) is 13.4 Å². The molecule has 0 fully saturated rings. The minimum atomic E-state index is -3.47. The van der Waals surface area contributed by atoms with Crippen molar-refractivity contribution in [1.82, 2.24) is 4.98 Å². The molecule has 0 atom stereocenters. The summed E-state index contributed by atoms with van der Waals surface area (Å²) in [5.41, 5.74) is 3.59. The van der Waals surface area contributed by atoms with Crippen molar-refractivity contribution in [2.24, 2.45) is 0 Å². The number of rotatable bonds is 4. The molecule has 0 aliphatic heterocycles. The number of hydrogen-bond acceptors (Lipinski definition) is 2. The van der Waals surface area contributed by atoms with E-state index in [1.807, 2.05) is 26.0 Å². The smallest absolute Gasteiger partial charge is 0.183 e. The molecule has 1 N–H and O–H groups in total. The fraction of sp³-hybridized carbons (Fsp3) is 0.222. The van der Waals surface area contributed by atoms with Gasteiger partial charge in [0.05, 0.1) is 21.2 Å². The lowest BCUT2D eigenvalue weighted by Gasteiger charge is -2.06. The summed E-state index contributed by atoms with van der Waals surface area (Å²) < 4.78 is 25.5. The topological polar surface area (TPSA) is 49.9 Å². The summed E-state index contributed by atoms with van der Waals surface area (Å²) in [6.07, 6.45) is 0.703.